The van der Waals surface area contributed by atoms with Gasteiger partial charge in [0.2, 0.25) is 0 Å². The van der Waals surface area contributed by atoms with E-state index in [1.807, 2.05) is 42.5 Å². The number of hydrogen-bond donors (Lipinski definition) is 1. The van der Waals surface area contributed by atoms with Gasteiger partial charge in [-0.2, -0.15) is 0 Å². The number of benzene rings is 2. The zero-order chi connectivity index (χ0) is 11.5. The van der Waals surface area contributed by atoms with Crippen molar-refractivity contribution in [3.05, 3.63) is 69.2 Å². The van der Waals surface area contributed by atoms with Crippen molar-refractivity contribution in [2.75, 3.05) is 0 Å². The zero-order valence-electron chi connectivity index (χ0n) is 8.40. The van der Waals surface area contributed by atoms with Crippen LogP contribution in [0.1, 0.15) is 17.2 Å². The highest BCUT2D eigenvalue weighted by molar-refractivity contribution is 9.10. The van der Waals surface area contributed by atoms with E-state index in [2.05, 4.69) is 15.9 Å². The molecule has 0 amide bonds. The van der Waals surface area contributed by atoms with Gasteiger partial charge in [-0.1, -0.05) is 57.9 Å². The van der Waals surface area contributed by atoms with Crippen molar-refractivity contribution < 1.29 is 5.11 Å². The highest BCUT2D eigenvalue weighted by Gasteiger charge is 2.13. The molecule has 3 heteroatoms. The third-order valence-electron chi connectivity index (χ3n) is 2.37. The number of rotatable bonds is 2. The van der Waals surface area contributed by atoms with Crippen LogP contribution in [0, 0.1) is 0 Å². The summed E-state index contributed by atoms with van der Waals surface area (Å²) in [4.78, 5) is 0. The van der Waals surface area contributed by atoms with Gasteiger partial charge >= 0.3 is 0 Å². The quantitative estimate of drug-likeness (QED) is 0.881. The second-order valence-electron chi connectivity index (χ2n) is 3.48. The molecule has 0 saturated carbocycles. The van der Waals surface area contributed by atoms with Crippen molar-refractivity contribution in [3.63, 3.8) is 0 Å². The first-order valence-electron chi connectivity index (χ1n) is 4.86. The third-order valence-corrected chi connectivity index (χ3v) is 3.21. The van der Waals surface area contributed by atoms with E-state index in [4.69, 9.17) is 11.6 Å². The summed E-state index contributed by atoms with van der Waals surface area (Å²) in [5.41, 5.74) is 1.55. The SMILES string of the molecule is OC(c1ccccc1)c1cc(Br)ccc1Cl. The Hall–Kier alpha value is -0.830. The molecule has 82 valence electrons. The van der Waals surface area contributed by atoms with Crippen molar-refractivity contribution >= 4 is 27.5 Å². The van der Waals surface area contributed by atoms with E-state index in [0.717, 1.165) is 10.0 Å². The van der Waals surface area contributed by atoms with Crippen LogP contribution in [0.3, 0.4) is 0 Å². The Morgan fingerprint density at radius 1 is 1.06 bits per heavy atom. The lowest BCUT2D eigenvalue weighted by atomic mass is 10.0. The van der Waals surface area contributed by atoms with Crippen LogP contribution in [-0.4, -0.2) is 5.11 Å². The molecule has 2 rings (SSSR count). The maximum Gasteiger partial charge on any atom is 0.106 e. The van der Waals surface area contributed by atoms with Gasteiger partial charge < -0.3 is 5.11 Å². The van der Waals surface area contributed by atoms with Crippen molar-refractivity contribution in [2.24, 2.45) is 0 Å². The molecule has 2 aromatic rings. The zero-order valence-corrected chi connectivity index (χ0v) is 10.7. The Labute approximate surface area is 108 Å². The Morgan fingerprint density at radius 2 is 1.75 bits per heavy atom. The number of halogens is 2. The highest BCUT2D eigenvalue weighted by Crippen LogP contribution is 2.30. The first-order valence-corrected chi connectivity index (χ1v) is 6.03. The molecule has 0 aromatic heterocycles. The van der Waals surface area contributed by atoms with Gasteiger partial charge in [0, 0.05) is 15.1 Å². The van der Waals surface area contributed by atoms with Crippen molar-refractivity contribution in [1.82, 2.24) is 0 Å². The van der Waals surface area contributed by atoms with Gasteiger partial charge in [-0.05, 0) is 23.8 Å². The molecule has 1 unspecified atom stereocenters. The summed E-state index contributed by atoms with van der Waals surface area (Å²) >= 11 is 9.43. The van der Waals surface area contributed by atoms with Crippen LogP contribution in [0.15, 0.2) is 53.0 Å². The lowest BCUT2D eigenvalue weighted by Crippen LogP contribution is -2.00. The van der Waals surface area contributed by atoms with Crippen LogP contribution in [0.2, 0.25) is 5.02 Å². The summed E-state index contributed by atoms with van der Waals surface area (Å²) in [5, 5.41) is 10.8. The second kappa shape index (κ2) is 5.00. The van der Waals surface area contributed by atoms with Gasteiger partial charge in [0.1, 0.15) is 6.10 Å². The minimum absolute atomic E-state index is 0.569. The van der Waals surface area contributed by atoms with Gasteiger partial charge in [0.05, 0.1) is 0 Å². The maximum absolute atomic E-state index is 10.2. The van der Waals surface area contributed by atoms with Crippen molar-refractivity contribution in [1.29, 1.82) is 0 Å². The summed E-state index contributed by atoms with van der Waals surface area (Å²) in [7, 11) is 0. The molecule has 0 radical (unpaired) electrons. The predicted octanol–water partition coefficient (Wildman–Crippen LogP) is 4.18. The Morgan fingerprint density at radius 3 is 2.44 bits per heavy atom. The molecule has 2 aromatic carbocycles. The summed E-state index contributed by atoms with van der Waals surface area (Å²) < 4.78 is 0.905. The molecule has 0 spiro atoms. The number of aliphatic hydroxyl groups excluding tert-OH is 1. The number of aliphatic hydroxyl groups is 1. The monoisotopic (exact) mass is 296 g/mol. The normalized spacial score (nSPS) is 12.4. The molecule has 1 atom stereocenters. The molecule has 0 aliphatic rings. The van der Waals surface area contributed by atoms with Crippen LogP contribution < -0.4 is 0 Å². The van der Waals surface area contributed by atoms with Crippen LogP contribution >= 0.6 is 27.5 Å². The van der Waals surface area contributed by atoms with Crippen molar-refractivity contribution in [3.8, 4) is 0 Å². The maximum atomic E-state index is 10.2. The standard InChI is InChI=1S/C13H10BrClO/c14-10-6-7-12(15)11(8-10)13(16)9-4-2-1-3-5-9/h1-8,13,16H. The van der Waals surface area contributed by atoms with E-state index in [1.54, 1.807) is 6.07 Å². The van der Waals surface area contributed by atoms with Crippen LogP contribution in [0.25, 0.3) is 0 Å². The van der Waals surface area contributed by atoms with E-state index in [1.165, 1.54) is 0 Å². The van der Waals surface area contributed by atoms with Gasteiger partial charge in [-0.3, -0.25) is 0 Å². The van der Waals surface area contributed by atoms with Gasteiger partial charge in [-0.25, -0.2) is 0 Å². The predicted molar refractivity (Wildman–Crippen MR) is 69.7 cm³/mol. The first-order chi connectivity index (χ1) is 7.68. The lowest BCUT2D eigenvalue weighted by Gasteiger charge is -2.13. The van der Waals surface area contributed by atoms with E-state index < -0.39 is 6.10 Å². The fourth-order valence-electron chi connectivity index (χ4n) is 1.54. The van der Waals surface area contributed by atoms with E-state index in [-0.39, 0.29) is 0 Å². The van der Waals surface area contributed by atoms with Crippen LogP contribution in [0.4, 0.5) is 0 Å². The molecular formula is C13H10BrClO. The lowest BCUT2D eigenvalue weighted by molar-refractivity contribution is 0.220. The van der Waals surface area contributed by atoms with Gasteiger partial charge in [0.15, 0.2) is 0 Å². The fraction of sp³-hybridized carbons (Fsp3) is 0.0769. The molecule has 0 heterocycles. The molecule has 0 aliphatic heterocycles. The minimum atomic E-state index is -0.689. The summed E-state index contributed by atoms with van der Waals surface area (Å²) in [6, 6.07) is 14.9. The van der Waals surface area contributed by atoms with E-state index in [0.29, 0.717) is 10.6 Å². The average molecular weight is 298 g/mol. The van der Waals surface area contributed by atoms with Crippen molar-refractivity contribution in [2.45, 2.75) is 6.10 Å². The first kappa shape index (κ1) is 11.6. The summed E-state index contributed by atoms with van der Waals surface area (Å²) in [6.07, 6.45) is -0.689. The minimum Gasteiger partial charge on any atom is -0.384 e. The van der Waals surface area contributed by atoms with E-state index in [9.17, 15) is 5.11 Å². The summed E-state index contributed by atoms with van der Waals surface area (Å²) in [6.45, 7) is 0. The Balaban J connectivity index is 2.41. The molecule has 16 heavy (non-hydrogen) atoms. The molecule has 1 nitrogen and oxygen atoms in total. The molecule has 1 N–H and O–H groups in total. The molecule has 0 saturated heterocycles. The smallest absolute Gasteiger partial charge is 0.106 e. The second-order valence-corrected chi connectivity index (χ2v) is 4.80. The third kappa shape index (κ3) is 2.46. The van der Waals surface area contributed by atoms with E-state index >= 15 is 0 Å². The Kier molecular flexibility index (Phi) is 3.64. The topological polar surface area (TPSA) is 20.2 Å². The van der Waals surface area contributed by atoms with Gasteiger partial charge in [-0.15, -0.1) is 0 Å². The molecule has 0 bridgehead atoms. The largest absolute Gasteiger partial charge is 0.384 e. The van der Waals surface area contributed by atoms with Crippen LogP contribution in [0.5, 0.6) is 0 Å². The molecule has 0 fully saturated rings. The highest BCUT2D eigenvalue weighted by atomic mass is 79.9. The van der Waals surface area contributed by atoms with Crippen LogP contribution in [-0.2, 0) is 0 Å². The van der Waals surface area contributed by atoms with Gasteiger partial charge in [0.25, 0.3) is 0 Å². The molecule has 0 aliphatic carbocycles. The average Bonchev–Trinajstić information content (AvgIpc) is 2.32. The molecular weight excluding hydrogens is 287 g/mol. The fourth-order valence-corrected chi connectivity index (χ4v) is 2.14. The Bertz CT molecular complexity index is 485. The summed E-state index contributed by atoms with van der Waals surface area (Å²) in [5.74, 6) is 0. The number of hydrogen-bond acceptors (Lipinski definition) is 1.